The Labute approximate surface area is 150 Å². The van der Waals surface area contributed by atoms with E-state index in [0.717, 1.165) is 43.8 Å². The number of nitrogens with one attached hydrogen (secondary N) is 1. The van der Waals surface area contributed by atoms with Crippen molar-refractivity contribution < 1.29 is 4.79 Å². The Morgan fingerprint density at radius 1 is 1.20 bits per heavy atom. The fraction of sp³-hybridized carbons (Fsp3) is 0.700. The van der Waals surface area contributed by atoms with E-state index in [-0.39, 0.29) is 11.9 Å². The molecule has 2 heterocycles. The average molecular weight is 342 g/mol. The topological polar surface area (TPSA) is 48.5 Å². The second-order valence-electron chi connectivity index (χ2n) is 8.27. The van der Waals surface area contributed by atoms with Crippen molar-refractivity contribution in [1.29, 1.82) is 0 Å². The molecule has 25 heavy (non-hydrogen) atoms. The molecule has 0 aromatic carbocycles. The summed E-state index contributed by atoms with van der Waals surface area (Å²) in [5, 5.41) is 3.23. The number of aromatic nitrogens is 1. The molecule has 4 atom stereocenters. The highest BCUT2D eigenvalue weighted by Crippen LogP contribution is 2.49. The van der Waals surface area contributed by atoms with Gasteiger partial charge in [-0.05, 0) is 63.1 Å². The van der Waals surface area contributed by atoms with Crippen molar-refractivity contribution in [1.82, 2.24) is 15.2 Å². The lowest BCUT2D eigenvalue weighted by Gasteiger charge is -2.33. The van der Waals surface area contributed by atoms with Gasteiger partial charge in [-0.1, -0.05) is 12.5 Å². The molecule has 3 aliphatic rings. The first-order valence-electron chi connectivity index (χ1n) is 9.81. The van der Waals surface area contributed by atoms with E-state index < -0.39 is 0 Å². The molecule has 1 aromatic rings. The number of hydrogen-bond donors (Lipinski definition) is 1. The Bertz CT molecular complexity index is 626. The first-order valence-corrected chi connectivity index (χ1v) is 9.81. The van der Waals surface area contributed by atoms with Crippen molar-refractivity contribution in [3.63, 3.8) is 0 Å². The minimum atomic E-state index is -0.0220. The van der Waals surface area contributed by atoms with Gasteiger partial charge in [0.2, 0.25) is 0 Å². The number of anilines is 1. The van der Waals surface area contributed by atoms with Gasteiger partial charge < -0.3 is 15.1 Å². The zero-order valence-electron chi connectivity index (χ0n) is 15.4. The molecule has 3 fully saturated rings. The number of likely N-dealkylation sites (N-methyl/N-ethyl adjacent to an activating group) is 1. The molecule has 1 N–H and O–H groups in total. The Kier molecular flexibility index (Phi) is 4.67. The molecule has 5 heteroatoms. The average Bonchev–Trinajstić information content (AvgIpc) is 3.26. The van der Waals surface area contributed by atoms with Gasteiger partial charge in [0.05, 0.1) is 0 Å². The van der Waals surface area contributed by atoms with Crippen LogP contribution in [0.3, 0.4) is 0 Å². The molecule has 2 aliphatic carbocycles. The van der Waals surface area contributed by atoms with Crippen LogP contribution in [-0.4, -0.2) is 55.1 Å². The van der Waals surface area contributed by atoms with Crippen molar-refractivity contribution >= 4 is 11.7 Å². The van der Waals surface area contributed by atoms with Crippen molar-refractivity contribution in [2.45, 2.75) is 38.6 Å². The lowest BCUT2D eigenvalue weighted by atomic mass is 9.84. The number of piperazine rings is 1. The van der Waals surface area contributed by atoms with Crippen LogP contribution in [0.15, 0.2) is 18.2 Å². The van der Waals surface area contributed by atoms with Gasteiger partial charge in [0.25, 0.3) is 5.91 Å². The van der Waals surface area contributed by atoms with Crippen LogP contribution in [0.2, 0.25) is 0 Å². The van der Waals surface area contributed by atoms with Gasteiger partial charge in [0.15, 0.2) is 0 Å². The Balaban J connectivity index is 1.39. The largest absolute Gasteiger partial charge is 0.354 e. The molecule has 2 bridgehead atoms. The smallest absolute Gasteiger partial charge is 0.270 e. The molecule has 5 nitrogen and oxygen atoms in total. The summed E-state index contributed by atoms with van der Waals surface area (Å²) in [5.74, 6) is 3.29. The van der Waals surface area contributed by atoms with Crippen LogP contribution in [0, 0.1) is 17.8 Å². The summed E-state index contributed by atoms with van der Waals surface area (Å²) in [6.07, 6.45) is 5.42. The van der Waals surface area contributed by atoms with Gasteiger partial charge in [-0.25, -0.2) is 4.98 Å². The maximum atomic E-state index is 12.7. The van der Waals surface area contributed by atoms with Crippen LogP contribution in [0.4, 0.5) is 5.82 Å². The number of carbonyl (C=O) groups is 1. The minimum Gasteiger partial charge on any atom is -0.354 e. The van der Waals surface area contributed by atoms with Crippen molar-refractivity contribution in [2.24, 2.45) is 17.8 Å². The fourth-order valence-corrected chi connectivity index (χ4v) is 5.06. The Morgan fingerprint density at radius 3 is 2.68 bits per heavy atom. The van der Waals surface area contributed by atoms with E-state index >= 15 is 0 Å². The van der Waals surface area contributed by atoms with Crippen molar-refractivity contribution in [2.75, 3.05) is 38.1 Å². The molecule has 1 saturated heterocycles. The van der Waals surface area contributed by atoms with Gasteiger partial charge in [-0.2, -0.15) is 0 Å². The standard InChI is InChI=1S/C20H30N4O/c1-14(17-13-15-6-7-16(17)12-15)21-20(25)18-4-3-5-19(22-18)24-10-8-23(2)9-11-24/h3-5,14-17H,6-13H2,1-2H3,(H,21,25). The summed E-state index contributed by atoms with van der Waals surface area (Å²) in [5.41, 5.74) is 0.548. The van der Waals surface area contributed by atoms with E-state index in [1.165, 1.54) is 25.7 Å². The number of nitrogens with zero attached hydrogens (tertiary/aromatic N) is 3. The van der Waals surface area contributed by atoms with Crippen LogP contribution in [0.5, 0.6) is 0 Å². The van der Waals surface area contributed by atoms with E-state index in [2.05, 4.69) is 34.1 Å². The summed E-state index contributed by atoms with van der Waals surface area (Å²) < 4.78 is 0. The molecule has 1 aromatic heterocycles. The van der Waals surface area contributed by atoms with Gasteiger partial charge >= 0.3 is 0 Å². The number of fused-ring (bicyclic) bond motifs is 2. The lowest BCUT2D eigenvalue weighted by Crippen LogP contribution is -2.45. The summed E-state index contributed by atoms with van der Waals surface area (Å²) in [6, 6.07) is 6.05. The number of pyridine rings is 1. The summed E-state index contributed by atoms with van der Waals surface area (Å²) in [4.78, 5) is 21.9. The van der Waals surface area contributed by atoms with E-state index in [1.807, 2.05) is 18.2 Å². The monoisotopic (exact) mass is 342 g/mol. The molecule has 2 saturated carbocycles. The third kappa shape index (κ3) is 3.52. The molecule has 1 aliphatic heterocycles. The maximum Gasteiger partial charge on any atom is 0.270 e. The van der Waals surface area contributed by atoms with Crippen LogP contribution >= 0.6 is 0 Å². The summed E-state index contributed by atoms with van der Waals surface area (Å²) >= 11 is 0. The number of rotatable bonds is 4. The predicted molar refractivity (Wildman–Crippen MR) is 99.8 cm³/mol. The van der Waals surface area contributed by atoms with Crippen molar-refractivity contribution in [3.05, 3.63) is 23.9 Å². The number of carbonyl (C=O) groups excluding carboxylic acids is 1. The SMILES string of the molecule is CC(NC(=O)c1cccc(N2CCN(C)CC2)n1)C1CC2CCC1C2. The summed E-state index contributed by atoms with van der Waals surface area (Å²) in [6.45, 7) is 6.19. The predicted octanol–water partition coefficient (Wildman–Crippen LogP) is 2.39. The first kappa shape index (κ1) is 16.8. The summed E-state index contributed by atoms with van der Waals surface area (Å²) in [7, 11) is 2.14. The molecule has 0 spiro atoms. The highest BCUT2D eigenvalue weighted by Gasteiger charge is 2.42. The van der Waals surface area contributed by atoms with E-state index in [1.54, 1.807) is 0 Å². The molecular weight excluding hydrogens is 312 g/mol. The van der Waals surface area contributed by atoms with Gasteiger partial charge in [0.1, 0.15) is 11.5 Å². The van der Waals surface area contributed by atoms with Crippen molar-refractivity contribution in [3.8, 4) is 0 Å². The van der Waals surface area contributed by atoms with E-state index in [9.17, 15) is 4.79 Å². The van der Waals surface area contributed by atoms with Gasteiger partial charge in [0, 0.05) is 32.2 Å². The maximum absolute atomic E-state index is 12.7. The van der Waals surface area contributed by atoms with Crippen LogP contribution in [0.1, 0.15) is 43.1 Å². The molecule has 4 rings (SSSR count). The zero-order valence-corrected chi connectivity index (χ0v) is 15.4. The Hall–Kier alpha value is -1.62. The third-order valence-corrected chi connectivity index (χ3v) is 6.59. The number of hydrogen-bond acceptors (Lipinski definition) is 4. The highest BCUT2D eigenvalue weighted by molar-refractivity contribution is 5.92. The minimum absolute atomic E-state index is 0.0220. The second kappa shape index (κ2) is 6.94. The van der Waals surface area contributed by atoms with E-state index in [0.29, 0.717) is 11.6 Å². The molecular formula is C20H30N4O. The Morgan fingerprint density at radius 2 is 2.00 bits per heavy atom. The second-order valence-corrected chi connectivity index (χ2v) is 8.27. The van der Waals surface area contributed by atoms with Gasteiger partial charge in [-0.3, -0.25) is 4.79 Å². The molecule has 4 unspecified atom stereocenters. The quantitative estimate of drug-likeness (QED) is 0.913. The first-order chi connectivity index (χ1) is 12.1. The third-order valence-electron chi connectivity index (χ3n) is 6.59. The van der Waals surface area contributed by atoms with Crippen LogP contribution in [0.25, 0.3) is 0 Å². The van der Waals surface area contributed by atoms with Gasteiger partial charge in [-0.15, -0.1) is 0 Å². The molecule has 136 valence electrons. The highest BCUT2D eigenvalue weighted by atomic mass is 16.1. The van der Waals surface area contributed by atoms with Crippen LogP contribution in [-0.2, 0) is 0 Å². The lowest BCUT2D eigenvalue weighted by molar-refractivity contribution is 0.0910. The fourth-order valence-electron chi connectivity index (χ4n) is 5.06. The molecule has 0 radical (unpaired) electrons. The zero-order chi connectivity index (χ0) is 17.4. The normalized spacial score (nSPS) is 30.5. The van der Waals surface area contributed by atoms with E-state index in [4.69, 9.17) is 0 Å². The molecule has 1 amide bonds. The van der Waals surface area contributed by atoms with Crippen LogP contribution < -0.4 is 10.2 Å². The number of amides is 1.